The molecule has 0 bridgehead atoms. The molecule has 0 saturated carbocycles. The van der Waals surface area contributed by atoms with E-state index >= 15 is 0 Å². The maximum atomic E-state index is 11.2. The predicted octanol–water partition coefficient (Wildman–Crippen LogP) is 3.16. The lowest BCUT2D eigenvalue weighted by Crippen LogP contribution is -2.21. The number of aryl methyl sites for hydroxylation is 1. The van der Waals surface area contributed by atoms with Crippen molar-refractivity contribution in [3.63, 3.8) is 0 Å². The highest BCUT2D eigenvalue weighted by molar-refractivity contribution is 9.10. The first kappa shape index (κ1) is 15.0. The van der Waals surface area contributed by atoms with Crippen LogP contribution in [0.25, 0.3) is 0 Å². The number of anilines is 1. The van der Waals surface area contributed by atoms with Crippen LogP contribution in [0.5, 0.6) is 0 Å². The van der Waals surface area contributed by atoms with E-state index in [0.29, 0.717) is 11.6 Å². The van der Waals surface area contributed by atoms with Crippen molar-refractivity contribution in [1.82, 2.24) is 9.78 Å². The molecule has 0 aliphatic carbocycles. The van der Waals surface area contributed by atoms with Crippen LogP contribution in [0.3, 0.4) is 0 Å². The van der Waals surface area contributed by atoms with Crippen molar-refractivity contribution in [3.8, 4) is 0 Å². The zero-order valence-corrected chi connectivity index (χ0v) is 13.9. The number of halogens is 1. The molecule has 1 aliphatic heterocycles. The molecule has 1 unspecified atom stereocenters. The highest BCUT2D eigenvalue weighted by atomic mass is 79.9. The van der Waals surface area contributed by atoms with Crippen molar-refractivity contribution in [2.24, 2.45) is 13.0 Å². The summed E-state index contributed by atoms with van der Waals surface area (Å²) < 4.78 is 2.67. The molecule has 1 atom stereocenters. The van der Waals surface area contributed by atoms with Crippen LogP contribution in [0.4, 0.5) is 11.4 Å². The zero-order valence-electron chi connectivity index (χ0n) is 12.3. The predicted molar refractivity (Wildman–Crippen MR) is 88.0 cm³/mol. The Morgan fingerprint density at radius 3 is 3.00 bits per heavy atom. The number of hydrogen-bond acceptors (Lipinski definition) is 4. The molecule has 2 aromatic rings. The SMILES string of the molecule is Cn1cc(CC2CCN(c3cc(Br)ccc3[N+](=O)[O-])C2)cn1. The van der Waals surface area contributed by atoms with E-state index < -0.39 is 0 Å². The number of hydrogen-bond donors (Lipinski definition) is 0. The normalized spacial score (nSPS) is 17.9. The fourth-order valence-corrected chi connectivity index (χ4v) is 3.38. The summed E-state index contributed by atoms with van der Waals surface area (Å²) in [6.45, 7) is 1.69. The van der Waals surface area contributed by atoms with E-state index in [9.17, 15) is 10.1 Å². The summed E-state index contributed by atoms with van der Waals surface area (Å²) in [5.74, 6) is 0.503. The van der Waals surface area contributed by atoms with E-state index in [-0.39, 0.29) is 10.6 Å². The quantitative estimate of drug-likeness (QED) is 0.617. The van der Waals surface area contributed by atoms with Crippen LogP contribution in [0.15, 0.2) is 35.1 Å². The van der Waals surface area contributed by atoms with Gasteiger partial charge in [0.05, 0.1) is 11.1 Å². The number of benzene rings is 1. The molecule has 0 radical (unpaired) electrons. The molecule has 22 heavy (non-hydrogen) atoms. The lowest BCUT2D eigenvalue weighted by atomic mass is 10.0. The second-order valence-corrected chi connectivity index (χ2v) is 6.63. The largest absolute Gasteiger partial charge is 0.366 e. The first-order valence-corrected chi connectivity index (χ1v) is 7.98. The molecule has 1 aromatic carbocycles. The van der Waals surface area contributed by atoms with Crippen LogP contribution >= 0.6 is 15.9 Å². The van der Waals surface area contributed by atoms with Gasteiger partial charge in [-0.2, -0.15) is 5.10 Å². The van der Waals surface area contributed by atoms with E-state index in [2.05, 4.69) is 25.9 Å². The Labute approximate surface area is 137 Å². The number of nitrogens with zero attached hydrogens (tertiary/aromatic N) is 4. The van der Waals surface area contributed by atoms with Crippen LogP contribution in [-0.2, 0) is 13.5 Å². The molecule has 0 amide bonds. The molecule has 1 fully saturated rings. The van der Waals surface area contributed by atoms with E-state index in [1.807, 2.05) is 25.5 Å². The van der Waals surface area contributed by atoms with Gasteiger partial charge in [0.15, 0.2) is 0 Å². The molecule has 7 heteroatoms. The second kappa shape index (κ2) is 6.08. The summed E-state index contributed by atoms with van der Waals surface area (Å²) in [5.41, 5.74) is 2.09. The fourth-order valence-electron chi connectivity index (χ4n) is 3.03. The van der Waals surface area contributed by atoms with Crippen molar-refractivity contribution < 1.29 is 4.92 Å². The molecule has 2 heterocycles. The lowest BCUT2D eigenvalue weighted by Gasteiger charge is -2.18. The minimum atomic E-state index is -0.309. The Kier molecular flexibility index (Phi) is 4.15. The topological polar surface area (TPSA) is 64.2 Å². The van der Waals surface area contributed by atoms with Gasteiger partial charge in [0.1, 0.15) is 5.69 Å². The van der Waals surface area contributed by atoms with Gasteiger partial charge in [-0.3, -0.25) is 14.8 Å². The molecule has 1 aliphatic rings. The van der Waals surface area contributed by atoms with Crippen LogP contribution in [0.2, 0.25) is 0 Å². The number of rotatable bonds is 4. The first-order chi connectivity index (χ1) is 10.5. The van der Waals surface area contributed by atoms with E-state index in [1.54, 1.807) is 16.8 Å². The van der Waals surface area contributed by atoms with E-state index in [0.717, 1.165) is 30.4 Å². The molecule has 0 N–H and O–H groups in total. The van der Waals surface area contributed by atoms with Gasteiger partial charge in [-0.25, -0.2) is 0 Å². The summed E-state index contributed by atoms with van der Waals surface area (Å²) >= 11 is 3.40. The molecule has 0 spiro atoms. The molecule has 6 nitrogen and oxygen atoms in total. The molecule has 3 rings (SSSR count). The van der Waals surface area contributed by atoms with Gasteiger partial charge in [0.2, 0.25) is 0 Å². The van der Waals surface area contributed by atoms with Crippen LogP contribution in [-0.4, -0.2) is 27.8 Å². The zero-order chi connectivity index (χ0) is 15.7. The standard InChI is InChI=1S/C15H17BrN4O2/c1-18-9-12(8-17-18)6-11-4-5-19(10-11)15-7-13(16)2-3-14(15)20(21)22/h2-3,7-9,11H,4-6,10H2,1H3. The molecule has 116 valence electrons. The summed E-state index contributed by atoms with van der Waals surface area (Å²) in [4.78, 5) is 13.0. The molecule has 1 saturated heterocycles. The van der Waals surface area contributed by atoms with E-state index in [4.69, 9.17) is 0 Å². The third-order valence-electron chi connectivity index (χ3n) is 4.04. The third-order valence-corrected chi connectivity index (χ3v) is 4.54. The average molecular weight is 365 g/mol. The molecule has 1 aromatic heterocycles. The van der Waals surface area contributed by atoms with Gasteiger partial charge in [-0.15, -0.1) is 0 Å². The highest BCUT2D eigenvalue weighted by Crippen LogP contribution is 2.35. The Hall–Kier alpha value is -1.89. The summed E-state index contributed by atoms with van der Waals surface area (Å²) in [6.07, 6.45) is 5.93. The van der Waals surface area contributed by atoms with Crippen molar-refractivity contribution in [3.05, 3.63) is 50.7 Å². The molecular weight excluding hydrogens is 348 g/mol. The van der Waals surface area contributed by atoms with Gasteiger partial charge in [-0.05, 0) is 36.5 Å². The van der Waals surface area contributed by atoms with Crippen LogP contribution in [0.1, 0.15) is 12.0 Å². The van der Waals surface area contributed by atoms with Crippen molar-refractivity contribution in [2.45, 2.75) is 12.8 Å². The van der Waals surface area contributed by atoms with Crippen molar-refractivity contribution in [2.75, 3.05) is 18.0 Å². The highest BCUT2D eigenvalue weighted by Gasteiger charge is 2.28. The Balaban J connectivity index is 1.75. The monoisotopic (exact) mass is 364 g/mol. The van der Waals surface area contributed by atoms with E-state index in [1.165, 1.54) is 5.56 Å². The number of nitro groups is 1. The minimum absolute atomic E-state index is 0.172. The van der Waals surface area contributed by atoms with Gasteiger partial charge in [0.25, 0.3) is 5.69 Å². The second-order valence-electron chi connectivity index (χ2n) is 5.72. The molecular formula is C15H17BrN4O2. The van der Waals surface area contributed by atoms with Crippen LogP contribution in [0, 0.1) is 16.0 Å². The minimum Gasteiger partial charge on any atom is -0.366 e. The Bertz CT molecular complexity index is 701. The maximum Gasteiger partial charge on any atom is 0.292 e. The number of nitro benzene ring substituents is 1. The maximum absolute atomic E-state index is 11.2. The summed E-state index contributed by atoms with van der Waals surface area (Å²) in [6, 6.07) is 5.11. The van der Waals surface area contributed by atoms with Crippen molar-refractivity contribution in [1.29, 1.82) is 0 Å². The smallest absolute Gasteiger partial charge is 0.292 e. The third kappa shape index (κ3) is 3.14. The van der Waals surface area contributed by atoms with Crippen molar-refractivity contribution >= 4 is 27.3 Å². The summed E-state index contributed by atoms with van der Waals surface area (Å²) in [5, 5.41) is 15.4. The average Bonchev–Trinajstić information content (AvgIpc) is 3.08. The van der Waals surface area contributed by atoms with Crippen LogP contribution < -0.4 is 4.90 Å². The Morgan fingerprint density at radius 2 is 2.32 bits per heavy atom. The summed E-state index contributed by atoms with van der Waals surface area (Å²) in [7, 11) is 1.91. The van der Waals surface area contributed by atoms with Gasteiger partial charge < -0.3 is 4.90 Å². The lowest BCUT2D eigenvalue weighted by molar-refractivity contribution is -0.384. The van der Waals surface area contributed by atoms with Gasteiger partial charge in [-0.1, -0.05) is 15.9 Å². The Morgan fingerprint density at radius 1 is 1.50 bits per heavy atom. The number of aromatic nitrogens is 2. The van der Waals surface area contributed by atoms with Gasteiger partial charge in [0, 0.05) is 36.9 Å². The van der Waals surface area contributed by atoms with Gasteiger partial charge >= 0.3 is 0 Å². The fraction of sp³-hybridized carbons (Fsp3) is 0.400. The first-order valence-electron chi connectivity index (χ1n) is 7.19.